The van der Waals surface area contributed by atoms with Crippen LogP contribution in [0.3, 0.4) is 0 Å². The first-order valence-corrected chi connectivity index (χ1v) is 9.57. The van der Waals surface area contributed by atoms with Crippen molar-refractivity contribution in [1.82, 2.24) is 10.2 Å². The minimum atomic E-state index is -0.344. The highest BCUT2D eigenvalue weighted by atomic mass is 16.2. The predicted octanol–water partition coefficient (Wildman–Crippen LogP) is 2.87. The topological polar surface area (TPSA) is 87.5 Å². The van der Waals surface area contributed by atoms with Crippen molar-refractivity contribution in [3.63, 3.8) is 0 Å². The van der Waals surface area contributed by atoms with Gasteiger partial charge in [-0.3, -0.25) is 4.79 Å². The van der Waals surface area contributed by atoms with Crippen molar-refractivity contribution < 1.29 is 9.59 Å². The fourth-order valence-corrected chi connectivity index (χ4v) is 3.43. The fourth-order valence-electron chi connectivity index (χ4n) is 3.43. The molecule has 1 aromatic carbocycles. The highest BCUT2D eigenvalue weighted by Gasteiger charge is 2.33. The summed E-state index contributed by atoms with van der Waals surface area (Å²) in [6.45, 7) is 7.61. The molecule has 4 N–H and O–H groups in total. The molecule has 1 aromatic rings. The molecule has 6 nitrogen and oxygen atoms in total. The molecule has 2 rings (SSSR count). The average molecular weight is 361 g/mol. The van der Waals surface area contributed by atoms with Crippen molar-refractivity contribution in [2.45, 2.75) is 52.0 Å². The molecule has 1 heterocycles. The van der Waals surface area contributed by atoms with Gasteiger partial charge in [0.1, 0.15) is 0 Å². The number of likely N-dealkylation sites (tertiary alicyclic amines) is 1. The summed E-state index contributed by atoms with van der Waals surface area (Å²) in [5.41, 5.74) is 7.42. The Balaban J connectivity index is 1.97. The Morgan fingerprint density at radius 1 is 1.31 bits per heavy atom. The van der Waals surface area contributed by atoms with Crippen molar-refractivity contribution in [1.29, 1.82) is 0 Å². The molecular weight excluding hydrogens is 328 g/mol. The maximum Gasteiger partial charge on any atom is 0.321 e. The number of aryl methyl sites for hydroxylation is 1. The van der Waals surface area contributed by atoms with Crippen molar-refractivity contribution in [3.05, 3.63) is 29.8 Å². The smallest absolute Gasteiger partial charge is 0.321 e. The van der Waals surface area contributed by atoms with Crippen molar-refractivity contribution in [2.75, 3.05) is 25.0 Å². The van der Waals surface area contributed by atoms with Crippen LogP contribution in [0.5, 0.6) is 0 Å². The Hall–Kier alpha value is -2.08. The van der Waals surface area contributed by atoms with E-state index in [9.17, 15) is 9.59 Å². The zero-order valence-electron chi connectivity index (χ0n) is 16.2. The normalized spacial score (nSPS) is 17.7. The largest absolute Gasteiger partial charge is 0.349 e. The Bertz CT molecular complexity index is 620. The number of rotatable bonds is 6. The Labute approximate surface area is 156 Å². The van der Waals surface area contributed by atoms with Crippen LogP contribution >= 0.6 is 0 Å². The van der Waals surface area contributed by atoms with Gasteiger partial charge in [-0.05, 0) is 50.3 Å². The molecule has 0 bridgehead atoms. The molecule has 1 unspecified atom stereocenters. The molecule has 1 aliphatic rings. The molecule has 1 saturated heterocycles. The number of nitrogens with two attached hydrogens (primary N) is 1. The molecule has 0 saturated carbocycles. The van der Waals surface area contributed by atoms with Crippen LogP contribution in [-0.4, -0.2) is 42.0 Å². The zero-order valence-corrected chi connectivity index (χ0v) is 16.2. The number of nitrogens with one attached hydrogen (secondary N) is 2. The first-order chi connectivity index (χ1) is 12.4. The highest BCUT2D eigenvalue weighted by molar-refractivity contribution is 5.90. The lowest BCUT2D eigenvalue weighted by atomic mass is 9.90. The van der Waals surface area contributed by atoms with Gasteiger partial charge in [0.15, 0.2) is 0 Å². The number of carbonyl (C=O) groups excluding carboxylic acids is 2. The summed E-state index contributed by atoms with van der Waals surface area (Å²) in [5, 5.41) is 6.07. The van der Waals surface area contributed by atoms with Gasteiger partial charge in [0.05, 0.1) is 11.5 Å². The lowest BCUT2D eigenvalue weighted by molar-refractivity contribution is -0.128. The van der Waals surface area contributed by atoms with E-state index < -0.39 is 0 Å². The zero-order chi connectivity index (χ0) is 19.2. The number of carbonyl (C=O) groups is 2. The summed E-state index contributed by atoms with van der Waals surface area (Å²) in [5.74, 6) is -0.178. The molecular formula is C20H32N4O2. The van der Waals surface area contributed by atoms with E-state index in [0.29, 0.717) is 19.6 Å². The maximum absolute atomic E-state index is 12.7. The third-order valence-electron chi connectivity index (χ3n) is 5.48. The van der Waals surface area contributed by atoms with E-state index in [-0.39, 0.29) is 23.4 Å². The van der Waals surface area contributed by atoms with Gasteiger partial charge in [0.25, 0.3) is 0 Å². The van der Waals surface area contributed by atoms with E-state index in [0.717, 1.165) is 36.9 Å². The van der Waals surface area contributed by atoms with Crippen molar-refractivity contribution in [3.8, 4) is 0 Å². The quantitative estimate of drug-likeness (QED) is 0.729. The number of hydrogen-bond donors (Lipinski definition) is 3. The van der Waals surface area contributed by atoms with Gasteiger partial charge in [0.2, 0.25) is 5.91 Å². The summed E-state index contributed by atoms with van der Waals surface area (Å²) < 4.78 is 0. The van der Waals surface area contributed by atoms with E-state index in [2.05, 4.69) is 10.6 Å². The fraction of sp³-hybridized carbons (Fsp3) is 0.600. The number of anilines is 1. The summed E-state index contributed by atoms with van der Waals surface area (Å²) in [4.78, 5) is 27.0. The molecule has 0 aliphatic carbocycles. The van der Waals surface area contributed by atoms with E-state index in [4.69, 9.17) is 5.73 Å². The molecule has 0 radical (unpaired) electrons. The summed E-state index contributed by atoms with van der Waals surface area (Å²) in [7, 11) is 0. The monoisotopic (exact) mass is 360 g/mol. The second kappa shape index (κ2) is 9.03. The molecule has 1 atom stereocenters. The number of piperidine rings is 1. The van der Waals surface area contributed by atoms with Crippen LogP contribution in [0.25, 0.3) is 0 Å². The number of amides is 3. The predicted molar refractivity (Wildman–Crippen MR) is 105 cm³/mol. The molecule has 3 amide bonds. The summed E-state index contributed by atoms with van der Waals surface area (Å²) >= 11 is 0. The third-order valence-corrected chi connectivity index (χ3v) is 5.48. The molecule has 0 spiro atoms. The van der Waals surface area contributed by atoms with Gasteiger partial charge in [-0.2, -0.15) is 0 Å². The molecule has 26 heavy (non-hydrogen) atoms. The minimum absolute atomic E-state index is 0.00667. The van der Waals surface area contributed by atoms with E-state index in [1.807, 2.05) is 45.0 Å². The van der Waals surface area contributed by atoms with Gasteiger partial charge in [-0.25, -0.2) is 4.79 Å². The van der Waals surface area contributed by atoms with Crippen LogP contribution in [-0.2, 0) is 4.79 Å². The van der Waals surface area contributed by atoms with Gasteiger partial charge in [0, 0.05) is 25.3 Å². The first-order valence-electron chi connectivity index (χ1n) is 9.57. The second-order valence-corrected chi connectivity index (χ2v) is 7.27. The van der Waals surface area contributed by atoms with Gasteiger partial charge < -0.3 is 21.3 Å². The third kappa shape index (κ3) is 4.97. The number of nitrogens with zero attached hydrogens (tertiary/aromatic N) is 1. The van der Waals surface area contributed by atoms with Gasteiger partial charge in [-0.15, -0.1) is 0 Å². The maximum atomic E-state index is 12.7. The number of hydrogen-bond acceptors (Lipinski definition) is 3. The molecule has 6 heteroatoms. The minimum Gasteiger partial charge on any atom is -0.349 e. The SMILES string of the molecule is CCC(CC)(CN)NC(=O)C1CCCN(C(=O)Nc2cccc(C)c2)C1. The standard InChI is InChI=1S/C20H32N4O2/c1-4-20(5-2,14-21)23-18(25)16-9-7-11-24(13-16)19(26)22-17-10-6-8-15(3)12-17/h6,8,10,12,16H,4-5,7,9,11,13-14,21H2,1-3H3,(H,22,26)(H,23,25). The number of benzene rings is 1. The van der Waals surface area contributed by atoms with Crippen LogP contribution in [0.1, 0.15) is 45.1 Å². The number of urea groups is 1. The molecule has 144 valence electrons. The molecule has 0 aromatic heterocycles. The van der Waals surface area contributed by atoms with E-state index in [1.54, 1.807) is 4.90 Å². The average Bonchev–Trinajstić information content (AvgIpc) is 2.66. The lowest BCUT2D eigenvalue weighted by Gasteiger charge is -2.36. The molecule has 1 aliphatic heterocycles. The summed E-state index contributed by atoms with van der Waals surface area (Å²) in [6.07, 6.45) is 3.23. The van der Waals surface area contributed by atoms with Crippen LogP contribution in [0.15, 0.2) is 24.3 Å². The van der Waals surface area contributed by atoms with E-state index in [1.165, 1.54) is 0 Å². The van der Waals surface area contributed by atoms with Gasteiger partial charge in [-0.1, -0.05) is 26.0 Å². The van der Waals surface area contributed by atoms with Crippen LogP contribution in [0.2, 0.25) is 0 Å². The Morgan fingerprint density at radius 2 is 2.04 bits per heavy atom. The van der Waals surface area contributed by atoms with Crippen LogP contribution in [0, 0.1) is 12.8 Å². The van der Waals surface area contributed by atoms with Gasteiger partial charge >= 0.3 is 6.03 Å². The molecule has 1 fully saturated rings. The lowest BCUT2D eigenvalue weighted by Crippen LogP contribution is -2.56. The Kier molecular flexibility index (Phi) is 7.03. The van der Waals surface area contributed by atoms with Crippen molar-refractivity contribution >= 4 is 17.6 Å². The summed E-state index contributed by atoms with van der Waals surface area (Å²) in [6, 6.07) is 7.56. The Morgan fingerprint density at radius 3 is 2.65 bits per heavy atom. The van der Waals surface area contributed by atoms with Crippen LogP contribution < -0.4 is 16.4 Å². The highest BCUT2D eigenvalue weighted by Crippen LogP contribution is 2.21. The second-order valence-electron chi connectivity index (χ2n) is 7.27. The first kappa shape index (κ1) is 20.2. The van der Waals surface area contributed by atoms with Crippen LogP contribution in [0.4, 0.5) is 10.5 Å². The van der Waals surface area contributed by atoms with E-state index >= 15 is 0 Å². The van der Waals surface area contributed by atoms with Crippen molar-refractivity contribution in [2.24, 2.45) is 11.7 Å².